The van der Waals surface area contributed by atoms with E-state index in [2.05, 4.69) is 101 Å². The van der Waals surface area contributed by atoms with Crippen LogP contribution in [-0.4, -0.2) is 70.5 Å². The number of morpholine rings is 1. The molecule has 11 heteroatoms. The summed E-state index contributed by atoms with van der Waals surface area (Å²) in [6, 6.07) is 19.5. The quantitative estimate of drug-likeness (QED) is 0.218. The van der Waals surface area contributed by atoms with E-state index in [4.69, 9.17) is 4.74 Å². The van der Waals surface area contributed by atoms with Crippen molar-refractivity contribution < 1.29 is 8.95 Å². The number of piperidine rings is 1. The first-order valence-electron chi connectivity index (χ1n) is 14.2. The highest BCUT2D eigenvalue weighted by molar-refractivity contribution is 8.14. The molecule has 0 spiro atoms. The van der Waals surface area contributed by atoms with Crippen molar-refractivity contribution in [2.75, 3.05) is 53.9 Å². The zero-order valence-electron chi connectivity index (χ0n) is 23.6. The molecule has 4 heterocycles. The highest BCUT2D eigenvalue weighted by Crippen LogP contribution is 2.31. The monoisotopic (exact) mass is 603 g/mol. The predicted octanol–water partition coefficient (Wildman–Crippen LogP) is 5.06. The number of nitrogens with zero attached hydrogens (tertiary/aromatic N) is 4. The van der Waals surface area contributed by atoms with Gasteiger partial charge in [-0.2, -0.15) is 0 Å². The summed E-state index contributed by atoms with van der Waals surface area (Å²) in [5, 5.41) is 2.48. The van der Waals surface area contributed by atoms with Gasteiger partial charge in [0.2, 0.25) is 0 Å². The van der Waals surface area contributed by atoms with Crippen molar-refractivity contribution in [3.05, 3.63) is 78.5 Å². The maximum absolute atomic E-state index is 11.9. The van der Waals surface area contributed by atoms with Gasteiger partial charge in [-0.05, 0) is 54.3 Å². The van der Waals surface area contributed by atoms with Crippen molar-refractivity contribution in [3.63, 3.8) is 0 Å². The average molecular weight is 604 g/mol. The Morgan fingerprint density at radius 1 is 1.07 bits per heavy atom. The molecule has 3 unspecified atom stereocenters. The minimum atomic E-state index is -1.19. The molecule has 6 rings (SSSR count). The molecule has 2 aliphatic rings. The molecule has 0 amide bonds. The Morgan fingerprint density at radius 3 is 2.71 bits per heavy atom. The van der Waals surface area contributed by atoms with E-state index in [1.54, 1.807) is 6.33 Å². The van der Waals surface area contributed by atoms with E-state index in [0.717, 1.165) is 78.6 Å². The Hall–Kier alpha value is -3.51. The number of H-pyrrole nitrogens is 1. The van der Waals surface area contributed by atoms with Crippen molar-refractivity contribution in [2.45, 2.75) is 24.6 Å². The second-order valence-corrected chi connectivity index (χ2v) is 13.2. The van der Waals surface area contributed by atoms with Gasteiger partial charge in [-0.3, -0.25) is 0 Å². The summed E-state index contributed by atoms with van der Waals surface area (Å²) in [4.78, 5) is 17.1. The highest BCUT2D eigenvalue weighted by Gasteiger charge is 2.21. The van der Waals surface area contributed by atoms with Gasteiger partial charge in [-0.1, -0.05) is 47.4 Å². The number of aromatic amines is 1. The number of fused-ring (bicyclic) bond motifs is 1. The zero-order chi connectivity index (χ0) is 28.9. The van der Waals surface area contributed by atoms with Crippen LogP contribution in [0.2, 0.25) is 0 Å². The van der Waals surface area contributed by atoms with E-state index in [9.17, 15) is 4.21 Å². The van der Waals surface area contributed by atoms with Crippen molar-refractivity contribution in [3.8, 4) is 11.3 Å². The van der Waals surface area contributed by atoms with Crippen LogP contribution in [0.1, 0.15) is 18.4 Å². The maximum Gasteiger partial charge on any atom is 0.143 e. The molecule has 0 radical (unpaired) electrons. The third-order valence-corrected chi connectivity index (χ3v) is 9.72. The summed E-state index contributed by atoms with van der Waals surface area (Å²) in [6.07, 6.45) is 3.71. The Balaban J connectivity index is 1.08. The third kappa shape index (κ3) is 6.75. The van der Waals surface area contributed by atoms with E-state index in [0.29, 0.717) is 13.2 Å². The lowest BCUT2D eigenvalue weighted by atomic mass is 10.1. The lowest BCUT2D eigenvalue weighted by molar-refractivity contribution is 0.122. The van der Waals surface area contributed by atoms with Crippen molar-refractivity contribution >= 4 is 55.8 Å². The number of aromatic nitrogens is 3. The molecule has 4 aromatic rings. The lowest BCUT2D eigenvalue weighted by Crippen LogP contribution is -2.46. The first-order valence-corrected chi connectivity index (χ1v) is 17.0. The minimum absolute atomic E-state index is 0.192. The summed E-state index contributed by atoms with van der Waals surface area (Å²) in [5.74, 6) is 6.19. The highest BCUT2D eigenvalue weighted by atomic mass is 32.2. The fourth-order valence-electron chi connectivity index (χ4n) is 5.59. The fraction of sp³-hybridized carbons (Fsp3) is 0.323. The summed E-state index contributed by atoms with van der Waals surface area (Å²) < 4.78 is 24.1. The number of benzene rings is 2. The first kappa shape index (κ1) is 28.6. The second kappa shape index (κ2) is 13.2. The number of ether oxygens (including phenoxy) is 1. The molecular weight excluding hydrogens is 567 g/mol. The molecule has 2 saturated heterocycles. The molecular formula is C31H37N7O2S2. The van der Waals surface area contributed by atoms with Gasteiger partial charge in [-0.25, -0.2) is 18.9 Å². The van der Waals surface area contributed by atoms with Crippen molar-refractivity contribution in [2.24, 2.45) is 0 Å². The third-order valence-electron chi connectivity index (χ3n) is 7.65. The maximum atomic E-state index is 11.9. The van der Waals surface area contributed by atoms with Gasteiger partial charge in [0.05, 0.1) is 18.6 Å². The standard InChI is InChI=1S/C31H37N7O2S2/c1-3-42(39)36-26-7-5-13-38(20-26)27-8-4-6-23(18-27)21-41(2)35-25-11-9-24(10-12-25)29-19-28-30(34-29)32-22-33-31(28)37-14-16-40-17-15-37/h3-4,6,8-12,18-19,22,26,35-36H,1-2,5,7,13-17,20-21H2,(H,32,33,34). The Labute approximate surface area is 252 Å². The number of hydrogen-bond donors (Lipinski definition) is 3. The van der Waals surface area contributed by atoms with Crippen LogP contribution in [0.3, 0.4) is 0 Å². The Morgan fingerprint density at radius 2 is 1.90 bits per heavy atom. The summed E-state index contributed by atoms with van der Waals surface area (Å²) in [7, 11) is -1.48. The molecule has 42 heavy (non-hydrogen) atoms. The van der Waals surface area contributed by atoms with Gasteiger partial charge in [-0.15, -0.1) is 0 Å². The molecule has 0 aliphatic carbocycles. The predicted molar refractivity (Wildman–Crippen MR) is 178 cm³/mol. The van der Waals surface area contributed by atoms with Crippen LogP contribution in [-0.2, 0) is 21.5 Å². The molecule has 3 atom stereocenters. The molecule has 2 aromatic heterocycles. The van der Waals surface area contributed by atoms with E-state index in [1.807, 2.05) is 0 Å². The number of hydrogen-bond acceptors (Lipinski definition) is 7. The van der Waals surface area contributed by atoms with Gasteiger partial charge in [0.1, 0.15) is 28.8 Å². The van der Waals surface area contributed by atoms with E-state index >= 15 is 0 Å². The molecule has 2 aromatic carbocycles. The van der Waals surface area contributed by atoms with Gasteiger partial charge >= 0.3 is 0 Å². The summed E-state index contributed by atoms with van der Waals surface area (Å²) in [5.41, 5.74) is 6.43. The van der Waals surface area contributed by atoms with Gasteiger partial charge < -0.3 is 24.2 Å². The fourth-order valence-corrected chi connectivity index (χ4v) is 7.34. The molecule has 2 aliphatic heterocycles. The molecule has 3 N–H and O–H groups in total. The van der Waals surface area contributed by atoms with Gasteiger partial charge in [0.25, 0.3) is 0 Å². The largest absolute Gasteiger partial charge is 0.378 e. The van der Waals surface area contributed by atoms with Crippen LogP contribution in [0.4, 0.5) is 17.2 Å². The summed E-state index contributed by atoms with van der Waals surface area (Å²) in [6.45, 7) is 8.55. The normalized spacial score (nSPS) is 19.0. The minimum Gasteiger partial charge on any atom is -0.378 e. The zero-order valence-corrected chi connectivity index (χ0v) is 25.3. The van der Waals surface area contributed by atoms with Crippen LogP contribution in [0, 0.1) is 0 Å². The van der Waals surface area contributed by atoms with E-state index < -0.39 is 11.0 Å². The van der Waals surface area contributed by atoms with E-state index in [1.165, 1.54) is 16.7 Å². The molecule has 220 valence electrons. The number of nitrogens with one attached hydrogen (secondary N) is 3. The van der Waals surface area contributed by atoms with Crippen LogP contribution in [0.5, 0.6) is 0 Å². The number of anilines is 3. The SMILES string of the molecule is C=CS(=O)NC1CCCN(c2cccc(CS(=C)Nc3ccc(-c4cc5c(N6CCOCC6)ncnc5[nH]4)cc3)c2)C1. The smallest absolute Gasteiger partial charge is 0.143 e. The van der Waals surface area contributed by atoms with Crippen molar-refractivity contribution in [1.29, 1.82) is 0 Å². The molecule has 2 fully saturated rings. The topological polar surface area (TPSA) is 98.4 Å². The first-order chi connectivity index (χ1) is 20.6. The number of rotatable bonds is 10. The Bertz CT molecular complexity index is 1580. The van der Waals surface area contributed by atoms with Crippen LogP contribution in [0.25, 0.3) is 22.3 Å². The van der Waals surface area contributed by atoms with Gasteiger partial charge in [0.15, 0.2) is 0 Å². The summed E-state index contributed by atoms with van der Waals surface area (Å²) >= 11 is 0. The second-order valence-electron chi connectivity index (χ2n) is 10.6. The lowest BCUT2D eigenvalue weighted by Gasteiger charge is -2.34. The molecule has 0 bridgehead atoms. The Kier molecular flexibility index (Phi) is 8.99. The molecule has 0 saturated carbocycles. The van der Waals surface area contributed by atoms with Crippen LogP contribution < -0.4 is 19.2 Å². The average Bonchev–Trinajstić information content (AvgIpc) is 3.47. The van der Waals surface area contributed by atoms with Crippen LogP contribution >= 0.6 is 10.7 Å². The van der Waals surface area contributed by atoms with E-state index in [-0.39, 0.29) is 16.7 Å². The molecule has 9 nitrogen and oxygen atoms in total. The van der Waals surface area contributed by atoms with Crippen LogP contribution in [0.15, 0.2) is 72.9 Å². The van der Waals surface area contributed by atoms with Gasteiger partial charge in [0, 0.05) is 60.5 Å². The van der Waals surface area contributed by atoms with Crippen molar-refractivity contribution in [1.82, 2.24) is 19.7 Å².